The Labute approximate surface area is 237 Å². The number of anilines is 2. The smallest absolute Gasteiger partial charge is 0.188 e. The van der Waals surface area contributed by atoms with Crippen molar-refractivity contribution >= 4 is 22.3 Å². The van der Waals surface area contributed by atoms with Gasteiger partial charge in [0.25, 0.3) is 0 Å². The standard InChI is InChI=1S/C36H37N3O/c1-6-38(7-2)24-18-20-30-28(22-24)29-23-25(39(8-3)9-4)19-21-31(29)36(30)34-26-14-10-12-16-32(26)37(5)35(34)27-15-11-13-17-33(27)40-36/h10-23H,6-9H2,1-5H3. The topological polar surface area (TPSA) is 20.6 Å². The lowest BCUT2D eigenvalue weighted by atomic mass is 9.79. The molecule has 4 nitrogen and oxygen atoms in total. The summed E-state index contributed by atoms with van der Waals surface area (Å²) in [5.74, 6) is 0.931. The number of benzene rings is 4. The lowest BCUT2D eigenvalue weighted by Gasteiger charge is -2.38. The number of fused-ring (bicyclic) bond motifs is 11. The van der Waals surface area contributed by atoms with E-state index in [1.165, 1.54) is 55.8 Å². The van der Waals surface area contributed by atoms with E-state index in [9.17, 15) is 0 Å². The number of nitrogens with zero attached hydrogens (tertiary/aromatic N) is 3. The Kier molecular flexibility index (Phi) is 5.71. The van der Waals surface area contributed by atoms with Gasteiger partial charge in [0.05, 0.1) is 5.69 Å². The fourth-order valence-electron chi connectivity index (χ4n) is 7.25. The van der Waals surface area contributed by atoms with Crippen molar-refractivity contribution < 1.29 is 4.74 Å². The second-order valence-corrected chi connectivity index (χ2v) is 10.9. The molecule has 0 radical (unpaired) electrons. The molecule has 2 heterocycles. The molecule has 0 bridgehead atoms. The summed E-state index contributed by atoms with van der Waals surface area (Å²) >= 11 is 0. The molecule has 1 aromatic heterocycles. The highest BCUT2D eigenvalue weighted by Crippen LogP contribution is 2.61. The highest BCUT2D eigenvalue weighted by molar-refractivity contribution is 5.99. The van der Waals surface area contributed by atoms with E-state index in [0.717, 1.165) is 37.5 Å². The zero-order valence-electron chi connectivity index (χ0n) is 24.2. The molecular weight excluding hydrogens is 490 g/mol. The minimum atomic E-state index is -0.737. The predicted octanol–water partition coefficient (Wildman–Crippen LogP) is 8.20. The number of hydrogen-bond donors (Lipinski definition) is 0. The molecule has 0 fully saturated rings. The number of hydrogen-bond acceptors (Lipinski definition) is 3. The molecule has 2 aliphatic rings. The molecule has 4 aromatic carbocycles. The Hall–Kier alpha value is -4.18. The highest BCUT2D eigenvalue weighted by atomic mass is 16.5. The molecule has 0 N–H and O–H groups in total. The van der Waals surface area contributed by atoms with Gasteiger partial charge in [-0.1, -0.05) is 42.5 Å². The second kappa shape index (κ2) is 9.19. The van der Waals surface area contributed by atoms with Crippen molar-refractivity contribution in [1.82, 2.24) is 4.57 Å². The summed E-state index contributed by atoms with van der Waals surface area (Å²) in [7, 11) is 2.20. The lowest BCUT2D eigenvalue weighted by Crippen LogP contribution is -2.37. The summed E-state index contributed by atoms with van der Waals surface area (Å²) in [4.78, 5) is 4.86. The van der Waals surface area contributed by atoms with E-state index < -0.39 is 5.60 Å². The van der Waals surface area contributed by atoms with E-state index in [1.807, 2.05) is 0 Å². The zero-order chi connectivity index (χ0) is 27.6. The third-order valence-electron chi connectivity index (χ3n) is 9.18. The monoisotopic (exact) mass is 527 g/mol. The molecular formula is C36H37N3O. The third kappa shape index (κ3) is 3.19. The van der Waals surface area contributed by atoms with Crippen LogP contribution in [-0.4, -0.2) is 30.7 Å². The highest BCUT2D eigenvalue weighted by Gasteiger charge is 2.53. The maximum atomic E-state index is 7.35. The van der Waals surface area contributed by atoms with Crippen LogP contribution in [0.3, 0.4) is 0 Å². The van der Waals surface area contributed by atoms with Crippen molar-refractivity contribution in [2.75, 3.05) is 36.0 Å². The minimum Gasteiger partial charge on any atom is -0.472 e. The normalized spacial score (nSPS) is 13.9. The van der Waals surface area contributed by atoms with Gasteiger partial charge in [-0.15, -0.1) is 0 Å². The fraction of sp³-hybridized carbons (Fsp3) is 0.278. The Balaban J connectivity index is 1.61. The quantitative estimate of drug-likeness (QED) is 0.222. The maximum absolute atomic E-state index is 7.35. The molecule has 1 aliphatic carbocycles. The molecule has 4 heteroatoms. The lowest BCUT2D eigenvalue weighted by molar-refractivity contribution is 0.158. The van der Waals surface area contributed by atoms with Crippen LogP contribution in [0.25, 0.3) is 33.3 Å². The van der Waals surface area contributed by atoms with E-state index in [-0.39, 0.29) is 0 Å². The summed E-state index contributed by atoms with van der Waals surface area (Å²) in [6, 6.07) is 31.4. The average molecular weight is 528 g/mol. The Morgan fingerprint density at radius 2 is 1.20 bits per heavy atom. The van der Waals surface area contributed by atoms with Crippen molar-refractivity contribution in [2.24, 2.45) is 7.05 Å². The number of ether oxygens (including phenoxy) is 1. The van der Waals surface area contributed by atoms with Crippen LogP contribution in [0.1, 0.15) is 44.4 Å². The first kappa shape index (κ1) is 24.8. The van der Waals surface area contributed by atoms with Gasteiger partial charge in [-0.3, -0.25) is 0 Å². The van der Waals surface area contributed by atoms with Gasteiger partial charge in [0.15, 0.2) is 5.60 Å². The Morgan fingerprint density at radius 1 is 0.650 bits per heavy atom. The molecule has 5 aromatic rings. The van der Waals surface area contributed by atoms with Crippen LogP contribution < -0.4 is 14.5 Å². The average Bonchev–Trinajstić information content (AvgIpc) is 3.44. The van der Waals surface area contributed by atoms with E-state index in [2.05, 4.69) is 134 Å². The van der Waals surface area contributed by atoms with E-state index in [1.54, 1.807) is 0 Å². The van der Waals surface area contributed by atoms with Gasteiger partial charge in [0.2, 0.25) is 0 Å². The van der Waals surface area contributed by atoms with Crippen molar-refractivity contribution in [3.63, 3.8) is 0 Å². The number of para-hydroxylation sites is 2. The summed E-state index contributed by atoms with van der Waals surface area (Å²) in [5.41, 5.74) is 11.6. The first-order chi connectivity index (χ1) is 19.6. The number of rotatable bonds is 6. The summed E-state index contributed by atoms with van der Waals surface area (Å²) in [6.45, 7) is 12.8. The third-order valence-corrected chi connectivity index (χ3v) is 9.18. The summed E-state index contributed by atoms with van der Waals surface area (Å²) in [5, 5.41) is 1.24. The van der Waals surface area contributed by atoms with Crippen LogP contribution in [0.2, 0.25) is 0 Å². The Morgan fingerprint density at radius 3 is 1.80 bits per heavy atom. The van der Waals surface area contributed by atoms with Crippen molar-refractivity contribution in [3.05, 3.63) is 102 Å². The van der Waals surface area contributed by atoms with Crippen molar-refractivity contribution in [3.8, 4) is 28.1 Å². The van der Waals surface area contributed by atoms with E-state index >= 15 is 0 Å². The molecule has 1 aliphatic heterocycles. The van der Waals surface area contributed by atoms with Gasteiger partial charge in [0.1, 0.15) is 5.75 Å². The predicted molar refractivity (Wildman–Crippen MR) is 168 cm³/mol. The Bertz CT molecular complexity index is 1690. The second-order valence-electron chi connectivity index (χ2n) is 10.9. The van der Waals surface area contributed by atoms with Gasteiger partial charge in [-0.05, 0) is 81.3 Å². The molecule has 202 valence electrons. The van der Waals surface area contributed by atoms with Crippen molar-refractivity contribution in [2.45, 2.75) is 33.3 Å². The molecule has 7 rings (SSSR count). The van der Waals surface area contributed by atoms with Crippen LogP contribution in [0, 0.1) is 0 Å². The van der Waals surface area contributed by atoms with Gasteiger partial charge in [0, 0.05) is 77.8 Å². The summed E-state index contributed by atoms with van der Waals surface area (Å²) in [6.07, 6.45) is 0. The van der Waals surface area contributed by atoms with Gasteiger partial charge >= 0.3 is 0 Å². The van der Waals surface area contributed by atoms with Gasteiger partial charge in [-0.25, -0.2) is 0 Å². The molecule has 40 heavy (non-hydrogen) atoms. The summed E-state index contributed by atoms with van der Waals surface area (Å²) < 4.78 is 9.71. The van der Waals surface area contributed by atoms with Crippen LogP contribution >= 0.6 is 0 Å². The van der Waals surface area contributed by atoms with Crippen LogP contribution in [0.15, 0.2) is 84.9 Å². The molecule has 0 atom stereocenters. The van der Waals surface area contributed by atoms with Crippen molar-refractivity contribution in [1.29, 1.82) is 0 Å². The van der Waals surface area contributed by atoms with Crippen LogP contribution in [0.5, 0.6) is 5.75 Å². The van der Waals surface area contributed by atoms with E-state index in [0.29, 0.717) is 0 Å². The molecule has 0 amide bonds. The first-order valence-electron chi connectivity index (χ1n) is 14.7. The zero-order valence-corrected chi connectivity index (χ0v) is 24.2. The SMILES string of the molecule is CCN(CC)c1ccc2c(c1)-c1cc(N(CC)CC)ccc1C21Oc2ccccc2-c2c1c1ccccc1n2C. The largest absolute Gasteiger partial charge is 0.472 e. The molecule has 0 saturated carbocycles. The van der Waals surface area contributed by atoms with Crippen LogP contribution in [0.4, 0.5) is 11.4 Å². The number of aromatic nitrogens is 1. The fourth-order valence-corrected chi connectivity index (χ4v) is 7.25. The molecule has 0 saturated heterocycles. The molecule has 0 unspecified atom stereocenters. The maximum Gasteiger partial charge on any atom is 0.188 e. The number of aryl methyl sites for hydroxylation is 1. The minimum absolute atomic E-state index is 0.737. The first-order valence-corrected chi connectivity index (χ1v) is 14.7. The van der Waals surface area contributed by atoms with Crippen LogP contribution in [-0.2, 0) is 12.6 Å². The molecule has 1 spiro atoms. The van der Waals surface area contributed by atoms with Gasteiger partial charge < -0.3 is 19.1 Å². The van der Waals surface area contributed by atoms with Gasteiger partial charge in [-0.2, -0.15) is 0 Å². The van der Waals surface area contributed by atoms with E-state index in [4.69, 9.17) is 4.74 Å².